The molecule has 2 aromatic heterocycles. The van der Waals surface area contributed by atoms with Crippen LogP contribution in [0.5, 0.6) is 0 Å². The Hall–Kier alpha value is -2.09. The van der Waals surface area contributed by atoms with Crippen LogP contribution in [0.25, 0.3) is 0 Å². The summed E-state index contributed by atoms with van der Waals surface area (Å²) in [6, 6.07) is 4.01. The molecule has 2 aromatic rings. The van der Waals surface area contributed by atoms with Gasteiger partial charge in [0.2, 0.25) is 5.91 Å². The number of rotatable bonds is 4. The molecule has 0 saturated carbocycles. The topological polar surface area (TPSA) is 54.0 Å². The maximum absolute atomic E-state index is 12.4. The van der Waals surface area contributed by atoms with Gasteiger partial charge in [-0.2, -0.15) is 13.2 Å². The van der Waals surface area contributed by atoms with E-state index in [4.69, 9.17) is 0 Å². The van der Waals surface area contributed by atoms with Crippen LogP contribution in [0.4, 0.5) is 24.5 Å². The van der Waals surface area contributed by atoms with Gasteiger partial charge in [-0.3, -0.25) is 4.79 Å². The molecule has 112 valence electrons. The Morgan fingerprint density at radius 3 is 2.67 bits per heavy atom. The molecule has 1 amide bonds. The Bertz CT molecular complexity index is 622. The first kappa shape index (κ1) is 15.3. The number of hydrogen-bond donors (Lipinski definition) is 2. The zero-order valence-electron chi connectivity index (χ0n) is 11.0. The summed E-state index contributed by atoms with van der Waals surface area (Å²) < 4.78 is 37.1. The van der Waals surface area contributed by atoms with Crippen LogP contribution >= 0.6 is 11.3 Å². The number of halogens is 3. The lowest BCUT2D eigenvalue weighted by molar-refractivity contribution is -0.141. The number of alkyl halides is 3. The van der Waals surface area contributed by atoms with Crippen molar-refractivity contribution in [2.75, 3.05) is 10.6 Å². The van der Waals surface area contributed by atoms with Crippen LogP contribution in [0.15, 0.2) is 29.8 Å². The van der Waals surface area contributed by atoms with Gasteiger partial charge in [0, 0.05) is 11.8 Å². The molecule has 2 rings (SSSR count). The van der Waals surface area contributed by atoms with Gasteiger partial charge < -0.3 is 10.6 Å². The fourth-order valence-electron chi connectivity index (χ4n) is 1.63. The van der Waals surface area contributed by atoms with E-state index < -0.39 is 11.9 Å². The maximum Gasteiger partial charge on any atom is 0.433 e. The summed E-state index contributed by atoms with van der Waals surface area (Å²) in [5.41, 5.74) is 0.244. The van der Waals surface area contributed by atoms with Crippen molar-refractivity contribution in [3.05, 3.63) is 40.3 Å². The quantitative estimate of drug-likeness (QED) is 0.904. The molecule has 0 radical (unpaired) electrons. The largest absolute Gasteiger partial charge is 0.433 e. The molecule has 0 saturated heterocycles. The molecule has 0 spiro atoms. The van der Waals surface area contributed by atoms with E-state index in [2.05, 4.69) is 15.6 Å². The molecule has 8 heteroatoms. The molecule has 0 aliphatic heterocycles. The highest BCUT2D eigenvalue weighted by Crippen LogP contribution is 2.28. The van der Waals surface area contributed by atoms with E-state index in [0.717, 1.165) is 17.1 Å². The van der Waals surface area contributed by atoms with Crippen LogP contribution in [-0.2, 0) is 17.5 Å². The van der Waals surface area contributed by atoms with Crippen molar-refractivity contribution in [2.45, 2.75) is 19.6 Å². The lowest BCUT2D eigenvalue weighted by Crippen LogP contribution is -2.09. The minimum absolute atomic E-state index is 0.175. The first-order valence-corrected chi connectivity index (χ1v) is 6.85. The maximum atomic E-state index is 12.4. The Morgan fingerprint density at radius 1 is 1.33 bits per heavy atom. The number of pyridine rings is 1. The number of aromatic nitrogens is 1. The van der Waals surface area contributed by atoms with Crippen LogP contribution in [0.1, 0.15) is 17.5 Å². The molecule has 0 unspecified atom stereocenters. The number of nitrogens with one attached hydrogen (secondary N) is 2. The molecule has 0 bridgehead atoms. The number of nitrogens with zero attached hydrogens (tertiary/aromatic N) is 1. The van der Waals surface area contributed by atoms with Gasteiger partial charge in [-0.05, 0) is 23.6 Å². The van der Waals surface area contributed by atoms with Gasteiger partial charge in [-0.25, -0.2) is 4.98 Å². The minimum Gasteiger partial charge on any atom is -0.379 e. The molecule has 0 atom stereocenters. The summed E-state index contributed by atoms with van der Waals surface area (Å²) in [6.07, 6.45) is -3.31. The molecule has 21 heavy (non-hydrogen) atoms. The summed E-state index contributed by atoms with van der Waals surface area (Å²) in [7, 11) is 0. The van der Waals surface area contributed by atoms with Gasteiger partial charge in [-0.15, -0.1) is 11.3 Å². The molecule has 0 aliphatic carbocycles. The highest BCUT2D eigenvalue weighted by atomic mass is 32.1. The van der Waals surface area contributed by atoms with Crippen LogP contribution < -0.4 is 10.6 Å². The Kier molecular flexibility index (Phi) is 4.46. The first-order valence-electron chi connectivity index (χ1n) is 5.97. The molecular weight excluding hydrogens is 303 g/mol. The van der Waals surface area contributed by atoms with Crippen molar-refractivity contribution in [3.63, 3.8) is 0 Å². The molecule has 0 aromatic carbocycles. The summed E-state index contributed by atoms with van der Waals surface area (Å²) in [5.74, 6) is -0.175. The Morgan fingerprint density at radius 2 is 2.10 bits per heavy atom. The monoisotopic (exact) mass is 315 g/mol. The average Bonchev–Trinajstić information content (AvgIpc) is 2.82. The van der Waals surface area contributed by atoms with Crippen molar-refractivity contribution >= 4 is 28.6 Å². The summed E-state index contributed by atoms with van der Waals surface area (Å²) >= 11 is 1.44. The van der Waals surface area contributed by atoms with Crippen molar-refractivity contribution in [1.29, 1.82) is 0 Å². The normalized spacial score (nSPS) is 11.2. The lowest BCUT2D eigenvalue weighted by atomic mass is 10.3. The second-order valence-corrected chi connectivity index (χ2v) is 5.22. The smallest absolute Gasteiger partial charge is 0.379 e. The number of anilines is 2. The molecule has 2 heterocycles. The predicted molar refractivity (Wildman–Crippen MR) is 75.2 cm³/mol. The van der Waals surface area contributed by atoms with Crippen molar-refractivity contribution in [2.24, 2.45) is 0 Å². The fourth-order valence-corrected chi connectivity index (χ4v) is 2.40. The van der Waals surface area contributed by atoms with E-state index in [0.29, 0.717) is 17.9 Å². The zero-order valence-corrected chi connectivity index (χ0v) is 11.8. The standard InChI is InChI=1S/C13H12F3N3OS/c1-8(20)19-10-4-5-21-11(10)7-17-9-2-3-12(18-6-9)13(14,15)16/h2-6,17H,7H2,1H3,(H,19,20). The average molecular weight is 315 g/mol. The number of hydrogen-bond acceptors (Lipinski definition) is 4. The highest BCUT2D eigenvalue weighted by molar-refractivity contribution is 7.10. The minimum atomic E-state index is -4.44. The van der Waals surface area contributed by atoms with Crippen LogP contribution in [-0.4, -0.2) is 10.9 Å². The number of amides is 1. The molecule has 2 N–H and O–H groups in total. The van der Waals surface area contributed by atoms with Crippen LogP contribution in [0.3, 0.4) is 0 Å². The van der Waals surface area contributed by atoms with Gasteiger partial charge in [0.1, 0.15) is 5.69 Å². The predicted octanol–water partition coefficient (Wildman–Crippen LogP) is 3.73. The third-order valence-corrected chi connectivity index (χ3v) is 3.48. The van der Waals surface area contributed by atoms with Gasteiger partial charge in [0.25, 0.3) is 0 Å². The fraction of sp³-hybridized carbons (Fsp3) is 0.231. The number of thiophene rings is 1. The molecular formula is C13H12F3N3OS. The molecule has 0 aliphatic rings. The van der Waals surface area contributed by atoms with Crippen molar-refractivity contribution < 1.29 is 18.0 Å². The van der Waals surface area contributed by atoms with E-state index in [1.807, 2.05) is 5.38 Å². The van der Waals surface area contributed by atoms with Crippen LogP contribution in [0, 0.1) is 0 Å². The van der Waals surface area contributed by atoms with Gasteiger partial charge >= 0.3 is 6.18 Å². The van der Waals surface area contributed by atoms with E-state index in [1.165, 1.54) is 24.3 Å². The summed E-state index contributed by atoms with van der Waals surface area (Å²) in [4.78, 5) is 15.3. The Balaban J connectivity index is 2.00. The highest BCUT2D eigenvalue weighted by Gasteiger charge is 2.31. The summed E-state index contributed by atoms with van der Waals surface area (Å²) in [5, 5.41) is 7.48. The SMILES string of the molecule is CC(=O)Nc1ccsc1CNc1ccc(C(F)(F)F)nc1. The third-order valence-electron chi connectivity index (χ3n) is 2.56. The van der Waals surface area contributed by atoms with Crippen LogP contribution in [0.2, 0.25) is 0 Å². The van der Waals surface area contributed by atoms with E-state index in [1.54, 1.807) is 6.07 Å². The van der Waals surface area contributed by atoms with E-state index >= 15 is 0 Å². The van der Waals surface area contributed by atoms with E-state index in [9.17, 15) is 18.0 Å². The number of carbonyl (C=O) groups is 1. The first-order chi connectivity index (χ1) is 9.86. The summed E-state index contributed by atoms with van der Waals surface area (Å²) in [6.45, 7) is 1.80. The molecule has 0 fully saturated rings. The van der Waals surface area contributed by atoms with Gasteiger partial charge in [-0.1, -0.05) is 0 Å². The van der Waals surface area contributed by atoms with Gasteiger partial charge in [0.15, 0.2) is 0 Å². The van der Waals surface area contributed by atoms with Crippen molar-refractivity contribution in [1.82, 2.24) is 4.98 Å². The van der Waals surface area contributed by atoms with E-state index in [-0.39, 0.29) is 5.91 Å². The second kappa shape index (κ2) is 6.13. The van der Waals surface area contributed by atoms with Gasteiger partial charge in [0.05, 0.1) is 24.1 Å². The second-order valence-electron chi connectivity index (χ2n) is 4.22. The third kappa shape index (κ3) is 4.19. The zero-order chi connectivity index (χ0) is 15.5. The number of carbonyl (C=O) groups excluding carboxylic acids is 1. The van der Waals surface area contributed by atoms with Crippen molar-refractivity contribution in [3.8, 4) is 0 Å². The molecule has 4 nitrogen and oxygen atoms in total. The Labute approximate surface area is 123 Å². The lowest BCUT2D eigenvalue weighted by Gasteiger charge is -2.09.